The quantitative estimate of drug-likeness (QED) is 0.719. The summed E-state index contributed by atoms with van der Waals surface area (Å²) in [6, 6.07) is 12.2. The Morgan fingerprint density at radius 3 is 2.48 bits per heavy atom. The maximum absolute atomic E-state index is 12.3. The van der Waals surface area contributed by atoms with E-state index in [0.717, 1.165) is 11.3 Å². The number of carbonyl (C=O) groups is 1. The van der Waals surface area contributed by atoms with Crippen molar-refractivity contribution in [3.8, 4) is 11.5 Å². The Bertz CT molecular complexity index is 961. The second-order valence-electron chi connectivity index (χ2n) is 6.61. The van der Waals surface area contributed by atoms with Gasteiger partial charge < -0.3 is 20.1 Å². The molecule has 29 heavy (non-hydrogen) atoms. The fourth-order valence-electron chi connectivity index (χ4n) is 3.16. The summed E-state index contributed by atoms with van der Waals surface area (Å²) in [5.74, 6) is 1.37. The molecule has 1 heterocycles. The van der Waals surface area contributed by atoms with E-state index in [1.54, 1.807) is 25.3 Å². The molecule has 0 atom stereocenters. The molecule has 9 heteroatoms. The highest BCUT2D eigenvalue weighted by atomic mass is 32.2. The van der Waals surface area contributed by atoms with Crippen molar-refractivity contribution in [1.82, 2.24) is 5.32 Å². The molecule has 8 nitrogen and oxygen atoms in total. The largest absolute Gasteiger partial charge is 0.497 e. The molecule has 2 N–H and O–H groups in total. The summed E-state index contributed by atoms with van der Waals surface area (Å²) >= 11 is 0. The number of nitrogens with one attached hydrogen (secondary N) is 2. The van der Waals surface area contributed by atoms with E-state index in [9.17, 15) is 13.2 Å². The average Bonchev–Trinajstić information content (AvgIpc) is 3.07. The van der Waals surface area contributed by atoms with Gasteiger partial charge in [0.2, 0.25) is 10.0 Å². The lowest BCUT2D eigenvalue weighted by Gasteiger charge is -2.19. The van der Waals surface area contributed by atoms with Crippen molar-refractivity contribution in [3.05, 3.63) is 48.0 Å². The van der Waals surface area contributed by atoms with E-state index in [1.165, 1.54) is 11.4 Å². The van der Waals surface area contributed by atoms with Crippen LogP contribution in [0.3, 0.4) is 0 Å². The lowest BCUT2D eigenvalue weighted by molar-refractivity contribution is 0.252. The number of methoxy groups -OCH3 is 2. The number of amides is 2. The Labute approximate surface area is 170 Å². The zero-order chi connectivity index (χ0) is 20.9. The van der Waals surface area contributed by atoms with E-state index in [1.807, 2.05) is 24.3 Å². The smallest absolute Gasteiger partial charge is 0.319 e. The molecule has 1 fully saturated rings. The van der Waals surface area contributed by atoms with Crippen molar-refractivity contribution in [2.75, 3.05) is 42.7 Å². The Balaban J connectivity index is 1.62. The molecule has 0 aliphatic carbocycles. The predicted molar refractivity (Wildman–Crippen MR) is 112 cm³/mol. The van der Waals surface area contributed by atoms with E-state index in [0.29, 0.717) is 43.1 Å². The van der Waals surface area contributed by atoms with Gasteiger partial charge in [-0.2, -0.15) is 0 Å². The molecule has 0 radical (unpaired) electrons. The number of sulfonamides is 1. The maximum Gasteiger partial charge on any atom is 0.319 e. The number of carbonyl (C=O) groups excluding carboxylic acids is 1. The van der Waals surface area contributed by atoms with Crippen molar-refractivity contribution < 1.29 is 22.7 Å². The first-order valence-electron chi connectivity index (χ1n) is 9.29. The van der Waals surface area contributed by atoms with Gasteiger partial charge in [0.15, 0.2) is 0 Å². The molecule has 0 unspecified atom stereocenters. The van der Waals surface area contributed by atoms with E-state index in [2.05, 4.69) is 10.6 Å². The Kier molecular flexibility index (Phi) is 6.48. The van der Waals surface area contributed by atoms with Crippen LogP contribution in [-0.2, 0) is 16.4 Å². The van der Waals surface area contributed by atoms with Crippen LogP contribution in [-0.4, -0.2) is 47.5 Å². The van der Waals surface area contributed by atoms with Gasteiger partial charge in [-0.1, -0.05) is 12.1 Å². The summed E-state index contributed by atoms with van der Waals surface area (Å²) in [5, 5.41) is 5.54. The van der Waals surface area contributed by atoms with Crippen LogP contribution in [0.25, 0.3) is 0 Å². The Hall–Kier alpha value is -2.94. The first-order valence-corrected chi connectivity index (χ1v) is 10.9. The van der Waals surface area contributed by atoms with E-state index < -0.39 is 16.1 Å². The van der Waals surface area contributed by atoms with Crippen LogP contribution in [0.4, 0.5) is 16.2 Å². The maximum atomic E-state index is 12.3. The third-order valence-corrected chi connectivity index (χ3v) is 6.55. The average molecular weight is 420 g/mol. The van der Waals surface area contributed by atoms with Crippen LogP contribution in [0.1, 0.15) is 12.0 Å². The number of benzene rings is 2. The molecule has 156 valence electrons. The van der Waals surface area contributed by atoms with Gasteiger partial charge in [-0.15, -0.1) is 0 Å². The Morgan fingerprint density at radius 1 is 1.10 bits per heavy atom. The minimum absolute atomic E-state index is 0.133. The molecule has 1 saturated heterocycles. The van der Waals surface area contributed by atoms with Gasteiger partial charge in [0.1, 0.15) is 11.5 Å². The fraction of sp³-hybridized carbons (Fsp3) is 0.350. The summed E-state index contributed by atoms with van der Waals surface area (Å²) < 4.78 is 36.1. The highest BCUT2D eigenvalue weighted by molar-refractivity contribution is 7.93. The van der Waals surface area contributed by atoms with Crippen LogP contribution < -0.4 is 24.4 Å². The van der Waals surface area contributed by atoms with E-state index >= 15 is 0 Å². The molecule has 1 aliphatic rings. The third kappa shape index (κ3) is 5.11. The molecule has 2 aromatic rings. The van der Waals surface area contributed by atoms with Gasteiger partial charge in [0.05, 0.1) is 31.3 Å². The number of rotatable bonds is 7. The second-order valence-corrected chi connectivity index (χ2v) is 8.62. The third-order valence-electron chi connectivity index (χ3n) is 4.68. The van der Waals surface area contributed by atoms with E-state index in [4.69, 9.17) is 9.47 Å². The van der Waals surface area contributed by atoms with Crippen molar-refractivity contribution >= 4 is 27.4 Å². The molecular formula is C20H25N3O5S. The summed E-state index contributed by atoms with van der Waals surface area (Å²) in [4.78, 5) is 12.3. The molecule has 0 spiro atoms. The highest BCUT2D eigenvalue weighted by Crippen LogP contribution is 2.32. The molecule has 2 amide bonds. The minimum atomic E-state index is -3.30. The number of ether oxygens (including phenoxy) is 2. The molecule has 0 aromatic heterocycles. The van der Waals surface area contributed by atoms with Crippen LogP contribution in [0.2, 0.25) is 0 Å². The van der Waals surface area contributed by atoms with Crippen LogP contribution in [0, 0.1) is 0 Å². The monoisotopic (exact) mass is 419 g/mol. The second kappa shape index (κ2) is 9.04. The number of hydrogen-bond donors (Lipinski definition) is 2. The summed E-state index contributed by atoms with van der Waals surface area (Å²) in [5.41, 5.74) is 2.00. The summed E-state index contributed by atoms with van der Waals surface area (Å²) in [6.07, 6.45) is 1.25. The van der Waals surface area contributed by atoms with Gasteiger partial charge in [0, 0.05) is 13.1 Å². The standard InChI is InChI=1S/C20H25N3O5S/c1-27-17-7-4-15(5-8-17)10-11-21-20(24)22-18-14-16(6-9-19(18)28-2)23-12-3-13-29(23,25)26/h4-9,14H,3,10-13H2,1-2H3,(H2,21,22,24). The zero-order valence-corrected chi connectivity index (χ0v) is 17.3. The fourth-order valence-corrected chi connectivity index (χ4v) is 4.71. The van der Waals surface area contributed by atoms with Crippen LogP contribution >= 0.6 is 0 Å². The van der Waals surface area contributed by atoms with Crippen molar-refractivity contribution in [3.63, 3.8) is 0 Å². The molecule has 3 rings (SSSR count). The first kappa shape index (κ1) is 20.8. The molecule has 1 aliphatic heterocycles. The molecule has 0 bridgehead atoms. The summed E-state index contributed by atoms with van der Waals surface area (Å²) in [7, 11) is -0.191. The molecule has 2 aromatic carbocycles. The van der Waals surface area contributed by atoms with Crippen molar-refractivity contribution in [2.24, 2.45) is 0 Å². The van der Waals surface area contributed by atoms with Gasteiger partial charge >= 0.3 is 6.03 Å². The van der Waals surface area contributed by atoms with Crippen LogP contribution in [0.15, 0.2) is 42.5 Å². The lowest BCUT2D eigenvalue weighted by Crippen LogP contribution is -2.31. The minimum Gasteiger partial charge on any atom is -0.497 e. The van der Waals surface area contributed by atoms with Gasteiger partial charge in [-0.05, 0) is 48.7 Å². The predicted octanol–water partition coefficient (Wildman–Crippen LogP) is 2.61. The SMILES string of the molecule is COc1ccc(CCNC(=O)Nc2cc(N3CCCS3(=O)=O)ccc2OC)cc1. The first-order chi connectivity index (χ1) is 13.9. The van der Waals surface area contributed by atoms with Gasteiger partial charge in [-0.25, -0.2) is 13.2 Å². The van der Waals surface area contributed by atoms with E-state index in [-0.39, 0.29) is 5.75 Å². The number of nitrogens with zero attached hydrogens (tertiary/aromatic N) is 1. The zero-order valence-electron chi connectivity index (χ0n) is 16.5. The van der Waals surface area contributed by atoms with Gasteiger partial charge in [-0.3, -0.25) is 4.31 Å². The van der Waals surface area contributed by atoms with Crippen molar-refractivity contribution in [1.29, 1.82) is 0 Å². The molecular weight excluding hydrogens is 394 g/mol. The lowest BCUT2D eigenvalue weighted by atomic mass is 10.1. The topological polar surface area (TPSA) is 97.0 Å². The normalized spacial score (nSPS) is 15.0. The van der Waals surface area contributed by atoms with Crippen molar-refractivity contribution in [2.45, 2.75) is 12.8 Å². The van der Waals surface area contributed by atoms with Gasteiger partial charge in [0.25, 0.3) is 0 Å². The highest BCUT2D eigenvalue weighted by Gasteiger charge is 2.29. The number of hydrogen-bond acceptors (Lipinski definition) is 5. The summed E-state index contributed by atoms with van der Waals surface area (Å²) in [6.45, 7) is 0.878. The van der Waals surface area contributed by atoms with Crippen LogP contribution in [0.5, 0.6) is 11.5 Å². The Morgan fingerprint density at radius 2 is 1.86 bits per heavy atom. The number of anilines is 2. The molecule has 0 saturated carbocycles. The number of urea groups is 1.